The molecule has 0 aromatic heterocycles. The number of hydrogen-bond acceptors (Lipinski definition) is 2. The van der Waals surface area contributed by atoms with E-state index < -0.39 is 0 Å². The topological polar surface area (TPSA) is 50.4 Å². The van der Waals surface area contributed by atoms with Crippen LogP contribution in [-0.2, 0) is 11.3 Å². The number of halogens is 1. The summed E-state index contributed by atoms with van der Waals surface area (Å²) in [6, 6.07) is 7.35. The first-order chi connectivity index (χ1) is 10.2. The lowest BCUT2D eigenvalue weighted by Gasteiger charge is -2.21. The molecule has 2 rings (SSSR count). The lowest BCUT2D eigenvalue weighted by molar-refractivity contribution is 0.0634. The summed E-state index contributed by atoms with van der Waals surface area (Å²) in [5.74, 6) is 0.762. The fourth-order valence-corrected chi connectivity index (χ4v) is 2.60. The molecule has 0 radical (unpaired) electrons. The van der Waals surface area contributed by atoms with Gasteiger partial charge in [0.15, 0.2) is 0 Å². The van der Waals surface area contributed by atoms with Gasteiger partial charge in [0.25, 0.3) is 0 Å². The molecule has 1 aromatic carbocycles. The molecule has 0 saturated carbocycles. The van der Waals surface area contributed by atoms with Crippen LogP contribution >= 0.6 is 11.6 Å². The van der Waals surface area contributed by atoms with Crippen LogP contribution < -0.4 is 10.6 Å². The van der Waals surface area contributed by atoms with Gasteiger partial charge in [-0.15, -0.1) is 0 Å². The molecule has 1 fully saturated rings. The lowest BCUT2D eigenvalue weighted by atomic mass is 9.95. The standard InChI is InChI=1S/C16H23ClN2O2/c17-15-5-3-14(4-6-15)12-19-16(20)18-9-1-2-13-7-10-21-11-8-13/h3-6,13H,1-2,7-12H2,(H2,18,19,20). The average Bonchev–Trinajstić information content (AvgIpc) is 2.52. The third-order valence-electron chi connectivity index (χ3n) is 3.78. The van der Waals surface area contributed by atoms with Crippen LogP contribution in [0.3, 0.4) is 0 Å². The van der Waals surface area contributed by atoms with E-state index in [1.807, 2.05) is 24.3 Å². The van der Waals surface area contributed by atoms with Crippen LogP contribution in [0.15, 0.2) is 24.3 Å². The van der Waals surface area contributed by atoms with Gasteiger partial charge >= 0.3 is 6.03 Å². The summed E-state index contributed by atoms with van der Waals surface area (Å²) in [6.07, 6.45) is 4.51. The largest absolute Gasteiger partial charge is 0.381 e. The van der Waals surface area contributed by atoms with E-state index in [1.165, 1.54) is 6.42 Å². The van der Waals surface area contributed by atoms with Crippen molar-refractivity contribution >= 4 is 17.6 Å². The number of ether oxygens (including phenoxy) is 1. The van der Waals surface area contributed by atoms with Crippen LogP contribution in [-0.4, -0.2) is 25.8 Å². The van der Waals surface area contributed by atoms with Gasteiger partial charge in [-0.1, -0.05) is 23.7 Å². The molecule has 1 aromatic rings. The van der Waals surface area contributed by atoms with Crippen molar-refractivity contribution in [2.24, 2.45) is 5.92 Å². The van der Waals surface area contributed by atoms with Gasteiger partial charge in [0, 0.05) is 31.3 Å². The van der Waals surface area contributed by atoms with E-state index in [9.17, 15) is 4.79 Å². The maximum atomic E-state index is 11.7. The first-order valence-electron chi connectivity index (χ1n) is 7.58. The van der Waals surface area contributed by atoms with Gasteiger partial charge in [-0.3, -0.25) is 0 Å². The quantitative estimate of drug-likeness (QED) is 0.792. The highest BCUT2D eigenvalue weighted by atomic mass is 35.5. The number of carbonyl (C=O) groups excluding carboxylic acids is 1. The van der Waals surface area contributed by atoms with Crippen molar-refractivity contribution in [2.75, 3.05) is 19.8 Å². The van der Waals surface area contributed by atoms with Crippen molar-refractivity contribution in [1.82, 2.24) is 10.6 Å². The third kappa shape index (κ3) is 6.36. The number of benzene rings is 1. The average molecular weight is 311 g/mol. The summed E-state index contributed by atoms with van der Waals surface area (Å²) in [6.45, 7) is 3.02. The molecular weight excluding hydrogens is 288 g/mol. The van der Waals surface area contributed by atoms with E-state index in [0.717, 1.165) is 50.5 Å². The molecule has 5 heteroatoms. The molecule has 21 heavy (non-hydrogen) atoms. The van der Waals surface area contributed by atoms with E-state index in [4.69, 9.17) is 16.3 Å². The summed E-state index contributed by atoms with van der Waals surface area (Å²) < 4.78 is 5.34. The number of rotatable bonds is 6. The van der Waals surface area contributed by atoms with E-state index in [-0.39, 0.29) is 6.03 Å². The molecule has 4 nitrogen and oxygen atoms in total. The predicted molar refractivity (Wildman–Crippen MR) is 84.5 cm³/mol. The highest BCUT2D eigenvalue weighted by Gasteiger charge is 2.13. The Hall–Kier alpha value is -1.26. The monoisotopic (exact) mass is 310 g/mol. The number of nitrogens with one attached hydrogen (secondary N) is 2. The second-order valence-corrected chi connectivity index (χ2v) is 5.87. The third-order valence-corrected chi connectivity index (χ3v) is 4.03. The molecular formula is C16H23ClN2O2. The Balaban J connectivity index is 1.54. The molecule has 0 bridgehead atoms. The second kappa shape index (κ2) is 8.90. The zero-order chi connectivity index (χ0) is 14.9. The predicted octanol–water partition coefficient (Wildman–Crippen LogP) is 3.35. The van der Waals surface area contributed by atoms with E-state index >= 15 is 0 Å². The van der Waals surface area contributed by atoms with Crippen LogP contribution in [0.1, 0.15) is 31.2 Å². The van der Waals surface area contributed by atoms with Crippen LogP contribution in [0.4, 0.5) is 4.79 Å². The summed E-state index contributed by atoms with van der Waals surface area (Å²) in [7, 11) is 0. The summed E-state index contributed by atoms with van der Waals surface area (Å²) >= 11 is 5.82. The minimum Gasteiger partial charge on any atom is -0.381 e. The smallest absolute Gasteiger partial charge is 0.315 e. The number of urea groups is 1. The Morgan fingerprint density at radius 2 is 1.90 bits per heavy atom. The van der Waals surface area contributed by atoms with E-state index in [0.29, 0.717) is 11.6 Å². The fourth-order valence-electron chi connectivity index (χ4n) is 2.47. The minimum absolute atomic E-state index is 0.114. The summed E-state index contributed by atoms with van der Waals surface area (Å²) in [4.78, 5) is 11.7. The Kier molecular flexibility index (Phi) is 6.83. The summed E-state index contributed by atoms with van der Waals surface area (Å²) in [5, 5.41) is 6.45. The van der Waals surface area contributed by atoms with Crippen molar-refractivity contribution in [3.8, 4) is 0 Å². The number of carbonyl (C=O) groups is 1. The lowest BCUT2D eigenvalue weighted by Crippen LogP contribution is -2.35. The Morgan fingerprint density at radius 3 is 2.62 bits per heavy atom. The van der Waals surface area contributed by atoms with Gasteiger partial charge in [-0.2, -0.15) is 0 Å². The van der Waals surface area contributed by atoms with Crippen LogP contribution in [0, 0.1) is 5.92 Å². The van der Waals surface area contributed by atoms with Gasteiger partial charge in [0.2, 0.25) is 0 Å². The molecule has 1 aliphatic rings. The van der Waals surface area contributed by atoms with Crippen molar-refractivity contribution in [2.45, 2.75) is 32.2 Å². The van der Waals surface area contributed by atoms with Crippen molar-refractivity contribution in [3.05, 3.63) is 34.9 Å². The Morgan fingerprint density at radius 1 is 1.19 bits per heavy atom. The van der Waals surface area contributed by atoms with Gasteiger partial charge < -0.3 is 15.4 Å². The van der Waals surface area contributed by atoms with Gasteiger partial charge in [0.1, 0.15) is 0 Å². The molecule has 2 N–H and O–H groups in total. The van der Waals surface area contributed by atoms with Crippen LogP contribution in [0.25, 0.3) is 0 Å². The molecule has 0 aliphatic carbocycles. The van der Waals surface area contributed by atoms with Crippen LogP contribution in [0.2, 0.25) is 5.02 Å². The molecule has 2 amide bonds. The number of hydrogen-bond donors (Lipinski definition) is 2. The molecule has 0 atom stereocenters. The van der Waals surface area contributed by atoms with Crippen LogP contribution in [0.5, 0.6) is 0 Å². The molecule has 116 valence electrons. The molecule has 1 saturated heterocycles. The van der Waals surface area contributed by atoms with Crippen molar-refractivity contribution < 1.29 is 9.53 Å². The van der Waals surface area contributed by atoms with Gasteiger partial charge in [-0.25, -0.2) is 4.79 Å². The van der Waals surface area contributed by atoms with Crippen molar-refractivity contribution in [3.63, 3.8) is 0 Å². The fraction of sp³-hybridized carbons (Fsp3) is 0.562. The zero-order valence-corrected chi connectivity index (χ0v) is 13.0. The van der Waals surface area contributed by atoms with E-state index in [2.05, 4.69) is 10.6 Å². The second-order valence-electron chi connectivity index (χ2n) is 5.43. The minimum atomic E-state index is -0.114. The van der Waals surface area contributed by atoms with Crippen molar-refractivity contribution in [1.29, 1.82) is 0 Å². The molecule has 0 spiro atoms. The number of amides is 2. The van der Waals surface area contributed by atoms with E-state index in [1.54, 1.807) is 0 Å². The summed E-state index contributed by atoms with van der Waals surface area (Å²) in [5.41, 5.74) is 1.04. The normalized spacial score (nSPS) is 15.7. The zero-order valence-electron chi connectivity index (χ0n) is 12.2. The van der Waals surface area contributed by atoms with Gasteiger partial charge in [-0.05, 0) is 49.3 Å². The van der Waals surface area contributed by atoms with Gasteiger partial charge in [0.05, 0.1) is 0 Å². The highest BCUT2D eigenvalue weighted by molar-refractivity contribution is 6.30. The Bertz CT molecular complexity index is 430. The maximum absolute atomic E-state index is 11.7. The molecule has 1 aliphatic heterocycles. The molecule has 1 heterocycles. The first-order valence-corrected chi connectivity index (χ1v) is 7.96. The highest BCUT2D eigenvalue weighted by Crippen LogP contribution is 2.19. The Labute approximate surface area is 131 Å². The maximum Gasteiger partial charge on any atom is 0.315 e. The first kappa shape index (κ1) is 16.1. The molecule has 0 unspecified atom stereocenters. The SMILES string of the molecule is O=C(NCCCC1CCOCC1)NCc1ccc(Cl)cc1.